The van der Waals surface area contributed by atoms with E-state index in [4.69, 9.17) is 4.74 Å². The molecule has 2 saturated heterocycles. The van der Waals surface area contributed by atoms with Gasteiger partial charge in [-0.05, 0) is 42.5 Å². The molecule has 1 aromatic heterocycles. The SMILES string of the molecule is O=C(CC1COC2(C1)CN(C(=O)c1cccs1)C2)NCC1CC1. The number of carbonyl (C=O) groups excluding carboxylic acids is 2. The minimum atomic E-state index is -0.200. The van der Waals surface area contributed by atoms with Crippen molar-refractivity contribution in [3.63, 3.8) is 0 Å². The van der Waals surface area contributed by atoms with Gasteiger partial charge in [0.15, 0.2) is 0 Å². The Balaban J connectivity index is 1.23. The summed E-state index contributed by atoms with van der Waals surface area (Å²) in [6.07, 6.45) is 3.94. The number of nitrogens with one attached hydrogen (secondary N) is 1. The van der Waals surface area contributed by atoms with Crippen LogP contribution in [0.5, 0.6) is 0 Å². The molecule has 2 amide bonds. The predicted molar refractivity (Wildman–Crippen MR) is 87.4 cm³/mol. The lowest BCUT2D eigenvalue weighted by molar-refractivity contribution is -0.122. The fourth-order valence-electron chi connectivity index (χ4n) is 3.55. The summed E-state index contributed by atoms with van der Waals surface area (Å²) in [4.78, 5) is 26.8. The van der Waals surface area contributed by atoms with Crippen LogP contribution in [0.4, 0.5) is 0 Å². The topological polar surface area (TPSA) is 58.6 Å². The zero-order valence-electron chi connectivity index (χ0n) is 13.1. The normalized spacial score (nSPS) is 25.4. The number of rotatable bonds is 5. The van der Waals surface area contributed by atoms with Gasteiger partial charge in [-0.15, -0.1) is 11.3 Å². The first-order valence-electron chi connectivity index (χ1n) is 8.37. The lowest BCUT2D eigenvalue weighted by Gasteiger charge is -2.47. The lowest BCUT2D eigenvalue weighted by atomic mass is 9.85. The first-order chi connectivity index (χ1) is 11.1. The second kappa shape index (κ2) is 5.91. The van der Waals surface area contributed by atoms with Gasteiger partial charge in [0.1, 0.15) is 5.60 Å². The van der Waals surface area contributed by atoms with Crippen LogP contribution in [0.1, 0.15) is 35.4 Å². The van der Waals surface area contributed by atoms with Crippen molar-refractivity contribution in [3.8, 4) is 0 Å². The molecule has 1 atom stereocenters. The van der Waals surface area contributed by atoms with Crippen LogP contribution in [0.25, 0.3) is 0 Å². The number of hydrogen-bond donors (Lipinski definition) is 1. The molecule has 1 aromatic rings. The van der Waals surface area contributed by atoms with E-state index in [0.717, 1.165) is 17.8 Å². The number of nitrogens with zero attached hydrogens (tertiary/aromatic N) is 1. The molecule has 1 N–H and O–H groups in total. The molecule has 1 aliphatic carbocycles. The number of carbonyl (C=O) groups is 2. The van der Waals surface area contributed by atoms with Crippen molar-refractivity contribution in [1.82, 2.24) is 10.2 Å². The molecule has 124 valence electrons. The van der Waals surface area contributed by atoms with E-state index >= 15 is 0 Å². The Bertz CT molecular complexity index is 591. The lowest BCUT2D eigenvalue weighted by Crippen LogP contribution is -2.63. The average Bonchev–Trinajstić information content (AvgIpc) is 3.00. The van der Waals surface area contributed by atoms with Crippen LogP contribution in [0.2, 0.25) is 0 Å². The van der Waals surface area contributed by atoms with Crippen LogP contribution in [0.3, 0.4) is 0 Å². The molecular weight excluding hydrogens is 312 g/mol. The molecule has 0 bridgehead atoms. The standard InChI is InChI=1S/C17H22N2O3S/c20-15(18-8-12-3-4-12)6-13-7-17(22-9-13)10-19(11-17)16(21)14-2-1-5-23-14/h1-2,5,12-13H,3-4,6-11H2,(H,18,20). The van der Waals surface area contributed by atoms with Gasteiger partial charge < -0.3 is 15.0 Å². The summed E-state index contributed by atoms with van der Waals surface area (Å²) in [6.45, 7) is 2.78. The van der Waals surface area contributed by atoms with E-state index in [1.165, 1.54) is 24.2 Å². The molecule has 0 aromatic carbocycles. The Morgan fingerprint density at radius 1 is 1.35 bits per heavy atom. The van der Waals surface area contributed by atoms with Crippen LogP contribution in [-0.4, -0.2) is 48.6 Å². The van der Waals surface area contributed by atoms with Crippen molar-refractivity contribution in [1.29, 1.82) is 0 Å². The Labute approximate surface area is 140 Å². The highest BCUT2D eigenvalue weighted by Crippen LogP contribution is 2.39. The molecule has 6 heteroatoms. The highest BCUT2D eigenvalue weighted by molar-refractivity contribution is 7.12. The average molecular weight is 334 g/mol. The predicted octanol–water partition coefficient (Wildman–Crippen LogP) is 1.90. The molecule has 1 spiro atoms. The summed E-state index contributed by atoms with van der Waals surface area (Å²) in [7, 11) is 0. The monoisotopic (exact) mass is 334 g/mol. The molecule has 3 heterocycles. The third-order valence-electron chi connectivity index (χ3n) is 5.02. The third-order valence-corrected chi connectivity index (χ3v) is 5.88. The van der Waals surface area contributed by atoms with Crippen molar-refractivity contribution in [2.24, 2.45) is 11.8 Å². The highest BCUT2D eigenvalue weighted by atomic mass is 32.1. The molecule has 5 nitrogen and oxygen atoms in total. The van der Waals surface area contributed by atoms with Gasteiger partial charge in [-0.1, -0.05) is 6.07 Å². The number of likely N-dealkylation sites (tertiary alicyclic amines) is 1. The Kier molecular flexibility index (Phi) is 3.89. The van der Waals surface area contributed by atoms with Gasteiger partial charge in [0.2, 0.25) is 5.91 Å². The van der Waals surface area contributed by atoms with Gasteiger partial charge in [-0.2, -0.15) is 0 Å². The van der Waals surface area contributed by atoms with E-state index in [-0.39, 0.29) is 23.3 Å². The molecule has 1 saturated carbocycles. The molecule has 2 aliphatic heterocycles. The van der Waals surface area contributed by atoms with E-state index in [0.29, 0.717) is 32.0 Å². The summed E-state index contributed by atoms with van der Waals surface area (Å²) < 4.78 is 5.96. The second-order valence-corrected chi connectivity index (χ2v) is 8.10. The van der Waals surface area contributed by atoms with E-state index in [9.17, 15) is 9.59 Å². The van der Waals surface area contributed by atoms with Crippen molar-refractivity contribution in [2.75, 3.05) is 26.2 Å². The first kappa shape index (κ1) is 15.1. The summed E-state index contributed by atoms with van der Waals surface area (Å²) in [5.74, 6) is 1.25. The molecule has 0 radical (unpaired) electrons. The Morgan fingerprint density at radius 2 is 2.17 bits per heavy atom. The van der Waals surface area contributed by atoms with E-state index < -0.39 is 0 Å². The van der Waals surface area contributed by atoms with Gasteiger partial charge in [-0.25, -0.2) is 0 Å². The molecular formula is C17H22N2O3S. The summed E-state index contributed by atoms with van der Waals surface area (Å²) in [5, 5.41) is 4.94. The number of hydrogen-bond acceptors (Lipinski definition) is 4. The van der Waals surface area contributed by atoms with Crippen LogP contribution in [0.15, 0.2) is 17.5 Å². The summed E-state index contributed by atoms with van der Waals surface area (Å²) in [5.41, 5.74) is -0.200. The summed E-state index contributed by atoms with van der Waals surface area (Å²) >= 11 is 1.48. The fraction of sp³-hybridized carbons (Fsp3) is 0.647. The van der Waals surface area contributed by atoms with Gasteiger partial charge >= 0.3 is 0 Å². The van der Waals surface area contributed by atoms with E-state index in [2.05, 4.69) is 5.32 Å². The Hall–Kier alpha value is -1.40. The van der Waals surface area contributed by atoms with Crippen molar-refractivity contribution >= 4 is 23.2 Å². The number of amides is 2. The number of ether oxygens (including phenoxy) is 1. The molecule has 4 rings (SSSR count). The summed E-state index contributed by atoms with van der Waals surface area (Å²) in [6, 6.07) is 3.76. The van der Waals surface area contributed by atoms with Crippen LogP contribution in [0, 0.1) is 11.8 Å². The zero-order chi connectivity index (χ0) is 15.9. The van der Waals surface area contributed by atoms with Gasteiger partial charge in [0, 0.05) is 13.0 Å². The highest BCUT2D eigenvalue weighted by Gasteiger charge is 2.51. The zero-order valence-corrected chi connectivity index (χ0v) is 13.9. The maximum absolute atomic E-state index is 12.3. The van der Waals surface area contributed by atoms with Crippen LogP contribution >= 0.6 is 11.3 Å². The fourth-order valence-corrected chi connectivity index (χ4v) is 4.24. The first-order valence-corrected chi connectivity index (χ1v) is 9.25. The largest absolute Gasteiger partial charge is 0.371 e. The van der Waals surface area contributed by atoms with E-state index in [1.807, 2.05) is 22.4 Å². The number of thiophene rings is 1. The Morgan fingerprint density at radius 3 is 2.87 bits per heavy atom. The minimum Gasteiger partial charge on any atom is -0.371 e. The molecule has 3 fully saturated rings. The van der Waals surface area contributed by atoms with Crippen LogP contribution < -0.4 is 5.32 Å². The minimum absolute atomic E-state index is 0.0971. The van der Waals surface area contributed by atoms with E-state index in [1.54, 1.807) is 0 Å². The second-order valence-electron chi connectivity index (χ2n) is 7.15. The maximum Gasteiger partial charge on any atom is 0.264 e. The van der Waals surface area contributed by atoms with Gasteiger partial charge in [-0.3, -0.25) is 9.59 Å². The van der Waals surface area contributed by atoms with Gasteiger partial charge in [0.05, 0.1) is 24.6 Å². The van der Waals surface area contributed by atoms with Crippen molar-refractivity contribution in [2.45, 2.75) is 31.3 Å². The van der Waals surface area contributed by atoms with Crippen LogP contribution in [-0.2, 0) is 9.53 Å². The smallest absolute Gasteiger partial charge is 0.264 e. The maximum atomic E-state index is 12.3. The van der Waals surface area contributed by atoms with Gasteiger partial charge in [0.25, 0.3) is 5.91 Å². The molecule has 23 heavy (non-hydrogen) atoms. The third kappa shape index (κ3) is 3.28. The van der Waals surface area contributed by atoms with Crippen molar-refractivity contribution < 1.29 is 14.3 Å². The van der Waals surface area contributed by atoms with Crippen molar-refractivity contribution in [3.05, 3.63) is 22.4 Å². The molecule has 1 unspecified atom stereocenters. The quantitative estimate of drug-likeness (QED) is 0.895. The molecule has 3 aliphatic rings.